The van der Waals surface area contributed by atoms with Crippen molar-refractivity contribution in [2.75, 3.05) is 12.5 Å². The molecule has 1 aromatic heterocycles. The summed E-state index contributed by atoms with van der Waals surface area (Å²) in [6.07, 6.45) is 3.27. The lowest BCUT2D eigenvalue weighted by Gasteiger charge is -2.27. The Bertz CT molecular complexity index is 1160. The van der Waals surface area contributed by atoms with E-state index in [1.54, 1.807) is 18.5 Å². The number of aromatic nitrogens is 2. The Hall–Kier alpha value is -2.50. The summed E-state index contributed by atoms with van der Waals surface area (Å²) >= 11 is 10.1. The minimum atomic E-state index is -1.98. The molecule has 0 saturated carbocycles. The van der Waals surface area contributed by atoms with Crippen molar-refractivity contribution < 1.29 is 13.5 Å². The van der Waals surface area contributed by atoms with Gasteiger partial charge in [0.2, 0.25) is 0 Å². The van der Waals surface area contributed by atoms with E-state index in [1.807, 2.05) is 30.3 Å². The molecular weight excluding hydrogens is 469 g/mol. The maximum Gasteiger partial charge on any atom is 0.160 e. The molecular formula is C23H21Cl2N3O3S. The fraction of sp³-hybridized carbons (Fsp3) is 0.261. The topological polar surface area (TPSA) is 96.1 Å². The summed E-state index contributed by atoms with van der Waals surface area (Å²) in [6.45, 7) is 4.38. The van der Waals surface area contributed by atoms with Crippen LogP contribution < -0.4 is 4.74 Å². The van der Waals surface area contributed by atoms with E-state index in [-0.39, 0.29) is 12.4 Å². The van der Waals surface area contributed by atoms with Crippen LogP contribution in [0.25, 0.3) is 11.1 Å². The predicted octanol–water partition coefficient (Wildman–Crippen LogP) is 5.33. The van der Waals surface area contributed by atoms with Gasteiger partial charge in [0, 0.05) is 23.4 Å². The number of nitriles is 1. The zero-order valence-electron chi connectivity index (χ0n) is 17.5. The number of hydrogen-bond acceptors (Lipinski definition) is 5. The highest BCUT2D eigenvalue weighted by molar-refractivity contribution is 7.78. The number of benzene rings is 2. The Morgan fingerprint density at radius 3 is 2.34 bits per heavy atom. The first-order valence-electron chi connectivity index (χ1n) is 9.68. The average molecular weight is 490 g/mol. The molecule has 32 heavy (non-hydrogen) atoms. The van der Waals surface area contributed by atoms with Gasteiger partial charge in [-0.3, -0.25) is 0 Å². The van der Waals surface area contributed by atoms with Crippen LogP contribution in [-0.2, 0) is 22.2 Å². The zero-order valence-corrected chi connectivity index (χ0v) is 19.8. The quantitative estimate of drug-likeness (QED) is 0.339. The number of halogens is 2. The summed E-state index contributed by atoms with van der Waals surface area (Å²) in [5.74, 6) is 0.862. The molecule has 1 atom stereocenters. The molecule has 0 bridgehead atoms. The summed E-state index contributed by atoms with van der Waals surface area (Å²) < 4.78 is 25.4. The second-order valence-corrected chi connectivity index (χ2v) is 9.26. The van der Waals surface area contributed by atoms with Gasteiger partial charge < -0.3 is 9.29 Å². The molecule has 3 aromatic rings. The maximum atomic E-state index is 10.9. The molecule has 9 heteroatoms. The molecule has 0 aliphatic carbocycles. The SMILES string of the molecule is CC(C)(c1ccc(-c2cnc(CS(=O)O)nc2)cc1)c1cc(Cl)c(OCCCl)c(C#N)c1. The first-order valence-corrected chi connectivity index (χ1v) is 11.9. The van der Waals surface area contributed by atoms with E-state index < -0.39 is 16.5 Å². The molecule has 0 spiro atoms. The molecule has 1 heterocycles. The van der Waals surface area contributed by atoms with Gasteiger partial charge in [-0.1, -0.05) is 49.7 Å². The molecule has 0 saturated heterocycles. The monoisotopic (exact) mass is 489 g/mol. The van der Waals surface area contributed by atoms with Gasteiger partial charge in [-0.05, 0) is 28.8 Å². The Kier molecular flexibility index (Phi) is 7.86. The smallest absolute Gasteiger partial charge is 0.160 e. The fourth-order valence-electron chi connectivity index (χ4n) is 3.26. The number of rotatable bonds is 8. The van der Waals surface area contributed by atoms with Crippen molar-refractivity contribution >= 4 is 34.3 Å². The first kappa shape index (κ1) is 24.1. The molecule has 0 amide bonds. The van der Waals surface area contributed by atoms with Crippen LogP contribution in [0.2, 0.25) is 5.02 Å². The van der Waals surface area contributed by atoms with Gasteiger partial charge in [-0.15, -0.1) is 11.6 Å². The standard InChI is InChI=1S/C23H21Cl2N3O3S/c1-23(2,19-9-16(11-26)22(20(25)10-19)31-8-7-24)18-5-3-15(4-6-18)17-12-27-21(28-13-17)14-32(29)30/h3-6,9-10,12-13H,7-8,14H2,1-2H3,(H,29,30). The van der Waals surface area contributed by atoms with E-state index in [0.29, 0.717) is 28.0 Å². The van der Waals surface area contributed by atoms with Crippen molar-refractivity contribution in [1.82, 2.24) is 9.97 Å². The molecule has 0 aliphatic heterocycles. The summed E-state index contributed by atoms with van der Waals surface area (Å²) in [6, 6.07) is 13.7. The van der Waals surface area contributed by atoms with Crippen molar-refractivity contribution in [3.05, 3.63) is 76.3 Å². The number of alkyl halides is 1. The average Bonchev–Trinajstić information content (AvgIpc) is 2.78. The maximum absolute atomic E-state index is 10.9. The Balaban J connectivity index is 1.88. The largest absolute Gasteiger partial charge is 0.489 e. The third-order valence-electron chi connectivity index (χ3n) is 5.11. The lowest BCUT2D eigenvalue weighted by Crippen LogP contribution is -2.19. The lowest BCUT2D eigenvalue weighted by molar-refractivity contribution is 0.341. The van der Waals surface area contributed by atoms with Crippen LogP contribution in [0.4, 0.5) is 0 Å². The normalized spacial score (nSPS) is 12.2. The van der Waals surface area contributed by atoms with Crippen molar-refractivity contribution in [1.29, 1.82) is 5.26 Å². The van der Waals surface area contributed by atoms with Gasteiger partial charge in [0.15, 0.2) is 16.8 Å². The summed E-state index contributed by atoms with van der Waals surface area (Å²) in [5.41, 5.74) is 3.57. The van der Waals surface area contributed by atoms with Crippen LogP contribution in [0.3, 0.4) is 0 Å². The van der Waals surface area contributed by atoms with Gasteiger partial charge >= 0.3 is 0 Å². The second kappa shape index (κ2) is 10.4. The Labute approximate surface area is 199 Å². The Morgan fingerprint density at radius 2 is 1.78 bits per heavy atom. The summed E-state index contributed by atoms with van der Waals surface area (Å²) in [7, 11) is 0. The molecule has 1 unspecified atom stereocenters. The predicted molar refractivity (Wildman–Crippen MR) is 126 cm³/mol. The molecule has 0 fully saturated rings. The van der Waals surface area contributed by atoms with Gasteiger partial charge in [0.1, 0.15) is 24.3 Å². The second-order valence-electron chi connectivity index (χ2n) is 7.54. The van der Waals surface area contributed by atoms with Gasteiger partial charge in [-0.2, -0.15) is 5.26 Å². The number of nitrogens with zero attached hydrogens (tertiary/aromatic N) is 3. The van der Waals surface area contributed by atoms with Crippen LogP contribution in [0, 0.1) is 11.3 Å². The van der Waals surface area contributed by atoms with E-state index in [9.17, 15) is 9.47 Å². The van der Waals surface area contributed by atoms with Gasteiger partial charge in [0.05, 0.1) is 16.5 Å². The molecule has 6 nitrogen and oxygen atoms in total. The first-order chi connectivity index (χ1) is 15.3. The molecule has 2 aromatic carbocycles. The minimum absolute atomic E-state index is 0.101. The van der Waals surface area contributed by atoms with Gasteiger partial charge in [-0.25, -0.2) is 14.2 Å². The van der Waals surface area contributed by atoms with Crippen molar-refractivity contribution in [2.24, 2.45) is 0 Å². The van der Waals surface area contributed by atoms with Crippen LogP contribution >= 0.6 is 23.2 Å². The highest BCUT2D eigenvalue weighted by Crippen LogP contribution is 2.38. The number of hydrogen-bond donors (Lipinski definition) is 1. The summed E-state index contributed by atoms with van der Waals surface area (Å²) in [5, 5.41) is 9.94. The molecule has 3 rings (SSSR count). The minimum Gasteiger partial charge on any atom is -0.489 e. The van der Waals surface area contributed by atoms with Crippen LogP contribution in [0.15, 0.2) is 48.8 Å². The third kappa shape index (κ3) is 5.45. The zero-order chi connectivity index (χ0) is 23.3. The number of ether oxygens (including phenoxy) is 1. The van der Waals surface area contributed by atoms with E-state index in [4.69, 9.17) is 32.5 Å². The van der Waals surface area contributed by atoms with E-state index >= 15 is 0 Å². The van der Waals surface area contributed by atoms with Crippen molar-refractivity contribution in [3.63, 3.8) is 0 Å². The highest BCUT2D eigenvalue weighted by Gasteiger charge is 2.26. The van der Waals surface area contributed by atoms with Gasteiger partial charge in [0.25, 0.3) is 0 Å². The van der Waals surface area contributed by atoms with Crippen molar-refractivity contribution in [2.45, 2.75) is 25.0 Å². The highest BCUT2D eigenvalue weighted by atomic mass is 35.5. The lowest BCUT2D eigenvalue weighted by atomic mass is 9.77. The molecule has 0 radical (unpaired) electrons. The van der Waals surface area contributed by atoms with Crippen molar-refractivity contribution in [3.8, 4) is 22.9 Å². The van der Waals surface area contributed by atoms with E-state index in [2.05, 4.69) is 29.9 Å². The summed E-state index contributed by atoms with van der Waals surface area (Å²) in [4.78, 5) is 8.29. The third-order valence-corrected chi connectivity index (χ3v) is 6.05. The molecule has 0 aliphatic rings. The van der Waals surface area contributed by atoms with Crippen LogP contribution in [-0.4, -0.2) is 31.2 Å². The van der Waals surface area contributed by atoms with Crippen LogP contribution in [0.5, 0.6) is 5.75 Å². The van der Waals surface area contributed by atoms with Crippen LogP contribution in [0.1, 0.15) is 36.4 Å². The fourth-order valence-corrected chi connectivity index (χ4v) is 3.98. The van der Waals surface area contributed by atoms with E-state index in [0.717, 1.165) is 22.3 Å². The van der Waals surface area contributed by atoms with E-state index in [1.165, 1.54) is 0 Å². The molecule has 166 valence electrons. The Morgan fingerprint density at radius 1 is 1.12 bits per heavy atom. The molecule has 1 N–H and O–H groups in total.